The van der Waals surface area contributed by atoms with Gasteiger partial charge >= 0.3 is 6.18 Å². The van der Waals surface area contributed by atoms with Crippen LogP contribution >= 0.6 is 0 Å². The Morgan fingerprint density at radius 2 is 1.57 bits per heavy atom. The summed E-state index contributed by atoms with van der Waals surface area (Å²) in [6.45, 7) is 0. The van der Waals surface area contributed by atoms with Crippen molar-refractivity contribution < 1.29 is 13.2 Å². The maximum absolute atomic E-state index is 12.4. The van der Waals surface area contributed by atoms with Gasteiger partial charge in [0.2, 0.25) is 0 Å². The summed E-state index contributed by atoms with van der Waals surface area (Å²) >= 11 is 0. The van der Waals surface area contributed by atoms with E-state index in [2.05, 4.69) is 0 Å². The van der Waals surface area contributed by atoms with Crippen molar-refractivity contribution in [3.8, 4) is 0 Å². The number of hydrogen-bond acceptors (Lipinski definition) is 2. The molecule has 4 N–H and O–H groups in total. The normalized spacial score (nSPS) is 11.6. The third-order valence-corrected chi connectivity index (χ3v) is 3.39. The number of halogens is 3. The van der Waals surface area contributed by atoms with Crippen molar-refractivity contribution in [2.24, 2.45) is 0 Å². The predicted octanol–water partition coefficient (Wildman–Crippen LogP) is 3.94. The van der Waals surface area contributed by atoms with Crippen LogP contribution in [-0.2, 0) is 12.8 Å². The summed E-state index contributed by atoms with van der Waals surface area (Å²) in [5.41, 5.74) is 14.8. The largest absolute Gasteiger partial charge is 0.397 e. The van der Waals surface area contributed by atoms with Gasteiger partial charge in [0.15, 0.2) is 0 Å². The van der Waals surface area contributed by atoms with Crippen molar-refractivity contribution in [1.29, 1.82) is 0 Å². The summed E-state index contributed by atoms with van der Waals surface area (Å²) in [5, 5.41) is 0. The Morgan fingerprint density at radius 3 is 2.19 bits per heavy atom. The lowest BCUT2D eigenvalue weighted by Crippen LogP contribution is -2.11. The first-order chi connectivity index (χ1) is 9.87. The fourth-order valence-electron chi connectivity index (χ4n) is 2.25. The standard InChI is InChI=1S/C16H17F3N2/c17-16(18,19)9-8-12-6-7-14(20)15(21)13(12)10-11-4-2-1-3-5-11/h1-7H,8-10,20-21H2. The molecule has 0 spiro atoms. The zero-order valence-corrected chi connectivity index (χ0v) is 11.5. The number of rotatable bonds is 4. The van der Waals surface area contributed by atoms with Crippen LogP contribution in [0.4, 0.5) is 24.5 Å². The number of hydrogen-bond donors (Lipinski definition) is 2. The Morgan fingerprint density at radius 1 is 0.905 bits per heavy atom. The fraction of sp³-hybridized carbons (Fsp3) is 0.250. The van der Waals surface area contributed by atoms with Gasteiger partial charge in [-0.1, -0.05) is 36.4 Å². The lowest BCUT2D eigenvalue weighted by atomic mass is 9.94. The molecule has 0 saturated heterocycles. The van der Waals surface area contributed by atoms with Crippen LogP contribution in [0, 0.1) is 0 Å². The summed E-state index contributed by atoms with van der Waals surface area (Å²) in [5.74, 6) is 0. The van der Waals surface area contributed by atoms with Gasteiger partial charge in [0, 0.05) is 6.42 Å². The van der Waals surface area contributed by atoms with E-state index < -0.39 is 12.6 Å². The van der Waals surface area contributed by atoms with Gasteiger partial charge in [-0.05, 0) is 35.6 Å². The molecule has 0 amide bonds. The van der Waals surface area contributed by atoms with Crippen LogP contribution in [0.3, 0.4) is 0 Å². The predicted molar refractivity (Wildman–Crippen MR) is 78.9 cm³/mol. The topological polar surface area (TPSA) is 52.0 Å². The molecule has 112 valence electrons. The number of aryl methyl sites for hydroxylation is 1. The van der Waals surface area contributed by atoms with Crippen molar-refractivity contribution in [2.75, 3.05) is 11.5 Å². The van der Waals surface area contributed by atoms with E-state index in [0.717, 1.165) is 5.56 Å². The Labute approximate surface area is 121 Å². The molecular formula is C16H17F3N2. The third kappa shape index (κ3) is 4.15. The zero-order chi connectivity index (χ0) is 15.5. The van der Waals surface area contributed by atoms with Crippen molar-refractivity contribution >= 4 is 11.4 Å². The molecule has 21 heavy (non-hydrogen) atoms. The van der Waals surface area contributed by atoms with Crippen LogP contribution < -0.4 is 11.5 Å². The summed E-state index contributed by atoms with van der Waals surface area (Å²) in [7, 11) is 0. The first-order valence-electron chi connectivity index (χ1n) is 6.63. The van der Waals surface area contributed by atoms with Crippen LogP contribution in [-0.4, -0.2) is 6.18 Å². The molecule has 5 heteroatoms. The molecule has 2 nitrogen and oxygen atoms in total. The van der Waals surface area contributed by atoms with Gasteiger partial charge in [-0.25, -0.2) is 0 Å². The molecule has 2 rings (SSSR count). The Balaban J connectivity index is 2.30. The van der Waals surface area contributed by atoms with Crippen LogP contribution in [0.25, 0.3) is 0 Å². The lowest BCUT2D eigenvalue weighted by molar-refractivity contribution is -0.134. The number of alkyl halides is 3. The lowest BCUT2D eigenvalue weighted by Gasteiger charge is -2.15. The number of nitrogen functional groups attached to an aromatic ring is 2. The number of benzene rings is 2. The highest BCUT2D eigenvalue weighted by atomic mass is 19.4. The van der Waals surface area contributed by atoms with Gasteiger partial charge in [0.25, 0.3) is 0 Å². The van der Waals surface area contributed by atoms with Crippen LogP contribution in [0.15, 0.2) is 42.5 Å². The van der Waals surface area contributed by atoms with E-state index in [1.165, 1.54) is 0 Å². The highest BCUT2D eigenvalue weighted by molar-refractivity contribution is 5.70. The quantitative estimate of drug-likeness (QED) is 0.839. The zero-order valence-electron chi connectivity index (χ0n) is 11.5. The van der Waals surface area contributed by atoms with Gasteiger partial charge in [0.05, 0.1) is 11.4 Å². The average Bonchev–Trinajstić information content (AvgIpc) is 2.43. The summed E-state index contributed by atoms with van der Waals surface area (Å²) in [4.78, 5) is 0. The summed E-state index contributed by atoms with van der Waals surface area (Å²) in [6, 6.07) is 12.7. The van der Waals surface area contributed by atoms with Crippen molar-refractivity contribution in [3.63, 3.8) is 0 Å². The summed E-state index contributed by atoms with van der Waals surface area (Å²) in [6.07, 6.45) is -4.65. The van der Waals surface area contributed by atoms with E-state index in [4.69, 9.17) is 11.5 Å². The van der Waals surface area contributed by atoms with E-state index in [9.17, 15) is 13.2 Å². The maximum Gasteiger partial charge on any atom is 0.389 e. The molecule has 2 aromatic rings. The molecular weight excluding hydrogens is 277 g/mol. The number of nitrogens with two attached hydrogens (primary N) is 2. The molecule has 0 atom stereocenters. The van der Waals surface area contributed by atoms with Gasteiger partial charge in [0.1, 0.15) is 0 Å². The van der Waals surface area contributed by atoms with E-state index in [-0.39, 0.29) is 6.42 Å². The first kappa shape index (κ1) is 15.2. The molecule has 0 aliphatic heterocycles. The van der Waals surface area contributed by atoms with Crippen molar-refractivity contribution in [1.82, 2.24) is 0 Å². The van der Waals surface area contributed by atoms with Gasteiger partial charge in [-0.15, -0.1) is 0 Å². The fourth-order valence-corrected chi connectivity index (χ4v) is 2.25. The number of anilines is 2. The Kier molecular flexibility index (Phi) is 4.40. The molecule has 0 unspecified atom stereocenters. The first-order valence-corrected chi connectivity index (χ1v) is 6.63. The SMILES string of the molecule is Nc1ccc(CCC(F)(F)F)c(Cc2ccccc2)c1N. The summed E-state index contributed by atoms with van der Waals surface area (Å²) < 4.78 is 37.3. The van der Waals surface area contributed by atoms with E-state index in [1.807, 2.05) is 30.3 Å². The second-order valence-corrected chi connectivity index (χ2v) is 4.98. The van der Waals surface area contributed by atoms with Crippen molar-refractivity contribution in [3.05, 3.63) is 59.2 Å². The Hall–Kier alpha value is -2.17. The molecule has 0 saturated carbocycles. The highest BCUT2D eigenvalue weighted by Gasteiger charge is 2.27. The monoisotopic (exact) mass is 294 g/mol. The van der Waals surface area contributed by atoms with E-state index in [1.54, 1.807) is 12.1 Å². The molecule has 0 aliphatic carbocycles. The van der Waals surface area contributed by atoms with E-state index in [0.29, 0.717) is 28.9 Å². The van der Waals surface area contributed by atoms with Gasteiger partial charge < -0.3 is 11.5 Å². The third-order valence-electron chi connectivity index (χ3n) is 3.39. The van der Waals surface area contributed by atoms with Crippen LogP contribution in [0.2, 0.25) is 0 Å². The van der Waals surface area contributed by atoms with E-state index >= 15 is 0 Å². The minimum atomic E-state index is -4.18. The highest BCUT2D eigenvalue weighted by Crippen LogP contribution is 2.30. The molecule has 0 aromatic heterocycles. The second-order valence-electron chi connectivity index (χ2n) is 4.98. The van der Waals surface area contributed by atoms with Gasteiger partial charge in [-0.2, -0.15) is 13.2 Å². The second kappa shape index (κ2) is 6.08. The minimum Gasteiger partial charge on any atom is -0.397 e. The molecule has 0 fully saturated rings. The van der Waals surface area contributed by atoms with Crippen LogP contribution in [0.5, 0.6) is 0 Å². The van der Waals surface area contributed by atoms with Crippen molar-refractivity contribution in [2.45, 2.75) is 25.4 Å². The minimum absolute atomic E-state index is 0.0872. The Bertz CT molecular complexity index is 607. The molecule has 0 bridgehead atoms. The maximum atomic E-state index is 12.4. The average molecular weight is 294 g/mol. The smallest absolute Gasteiger partial charge is 0.389 e. The molecule has 0 aliphatic rings. The molecule has 2 aromatic carbocycles. The van der Waals surface area contributed by atoms with Crippen LogP contribution in [0.1, 0.15) is 23.1 Å². The molecule has 0 heterocycles. The van der Waals surface area contributed by atoms with Gasteiger partial charge in [-0.3, -0.25) is 0 Å². The molecule has 0 radical (unpaired) electrons.